The smallest absolute Gasteiger partial charge is 0.102 e. The molecule has 1 aliphatic carbocycles. The zero-order chi connectivity index (χ0) is 15.4. The van der Waals surface area contributed by atoms with E-state index in [-0.39, 0.29) is 0 Å². The summed E-state index contributed by atoms with van der Waals surface area (Å²) in [6.45, 7) is 0. The van der Waals surface area contributed by atoms with E-state index in [0.29, 0.717) is 0 Å². The lowest BCUT2D eigenvalue weighted by atomic mass is 9.89. The minimum absolute atomic E-state index is 1.17. The van der Waals surface area contributed by atoms with Crippen molar-refractivity contribution in [3.8, 4) is 0 Å². The Bertz CT molecular complexity index is 319. The van der Waals surface area contributed by atoms with E-state index in [9.17, 15) is 0 Å². The summed E-state index contributed by atoms with van der Waals surface area (Å²) in [4.78, 5) is 8.96. The lowest BCUT2D eigenvalue weighted by Gasteiger charge is -2.33. The van der Waals surface area contributed by atoms with E-state index in [1.165, 1.54) is 37.3 Å². The molecular weight excluding hydrogens is 248 g/mol. The van der Waals surface area contributed by atoms with Crippen LogP contribution in [0.1, 0.15) is 25.7 Å². The average molecular weight is 280 g/mol. The number of hydrogen-bond donors (Lipinski definition) is 0. The van der Waals surface area contributed by atoms with Crippen LogP contribution in [0.2, 0.25) is 0 Å². The fraction of sp³-hybridized carbons (Fsp3) is 0.750. The van der Waals surface area contributed by atoms with E-state index < -0.39 is 0 Å². The van der Waals surface area contributed by atoms with Crippen molar-refractivity contribution in [3.63, 3.8) is 0 Å². The second-order valence-electron chi connectivity index (χ2n) is 6.43. The molecule has 0 amide bonds. The number of allylic oxidation sites excluding steroid dienone is 2. The van der Waals surface area contributed by atoms with Gasteiger partial charge in [-0.25, -0.2) is 0 Å². The van der Waals surface area contributed by atoms with Crippen LogP contribution in [0.15, 0.2) is 22.8 Å². The summed E-state index contributed by atoms with van der Waals surface area (Å²) < 4.78 is 0. The van der Waals surface area contributed by atoms with Crippen molar-refractivity contribution in [2.24, 2.45) is 0 Å². The number of hydrogen-bond acceptors (Lipinski definition) is 4. The Morgan fingerprint density at radius 2 is 0.700 bits per heavy atom. The third-order valence-electron chi connectivity index (χ3n) is 3.78. The van der Waals surface area contributed by atoms with Gasteiger partial charge in [-0.3, -0.25) is 0 Å². The van der Waals surface area contributed by atoms with Crippen LogP contribution in [0.25, 0.3) is 0 Å². The molecule has 0 saturated heterocycles. The molecule has 1 rings (SSSR count). The summed E-state index contributed by atoms with van der Waals surface area (Å²) in [6.07, 6.45) is 4.69. The largest absolute Gasteiger partial charge is 0.364 e. The average Bonchev–Trinajstić information content (AvgIpc) is 2.29. The van der Waals surface area contributed by atoms with E-state index in [4.69, 9.17) is 0 Å². The van der Waals surface area contributed by atoms with Crippen molar-refractivity contribution in [1.82, 2.24) is 19.6 Å². The SMILES string of the molecule is CN(C)C(=C1CCC(=C(N(C)C)N(C)C)CC1)N(C)C. The molecule has 0 N–H and O–H groups in total. The van der Waals surface area contributed by atoms with Crippen molar-refractivity contribution in [1.29, 1.82) is 0 Å². The molecule has 0 aromatic heterocycles. The zero-order valence-electron chi connectivity index (χ0n) is 14.6. The molecule has 20 heavy (non-hydrogen) atoms. The summed E-state index contributed by atoms with van der Waals surface area (Å²) in [5.41, 5.74) is 3.17. The Balaban J connectivity index is 2.96. The summed E-state index contributed by atoms with van der Waals surface area (Å²) in [6, 6.07) is 0. The third-order valence-corrected chi connectivity index (χ3v) is 3.78. The molecule has 0 bridgehead atoms. The van der Waals surface area contributed by atoms with Crippen molar-refractivity contribution in [2.45, 2.75) is 25.7 Å². The van der Waals surface area contributed by atoms with E-state index in [1.807, 2.05) is 0 Å². The van der Waals surface area contributed by atoms with Crippen molar-refractivity contribution < 1.29 is 0 Å². The second-order valence-corrected chi connectivity index (χ2v) is 6.43. The van der Waals surface area contributed by atoms with Crippen molar-refractivity contribution in [2.75, 3.05) is 56.4 Å². The lowest BCUT2D eigenvalue weighted by molar-refractivity contribution is 0.320. The summed E-state index contributed by atoms with van der Waals surface area (Å²) in [7, 11) is 17.1. The molecule has 4 nitrogen and oxygen atoms in total. The first-order valence-electron chi connectivity index (χ1n) is 7.39. The Labute approximate surface area is 125 Å². The first kappa shape index (κ1) is 16.7. The summed E-state index contributed by atoms with van der Waals surface area (Å²) >= 11 is 0. The number of nitrogens with zero attached hydrogens (tertiary/aromatic N) is 4. The van der Waals surface area contributed by atoms with Crippen LogP contribution in [-0.4, -0.2) is 76.0 Å². The standard InChI is InChI=1S/C16H32N4/c1-17(2)15(18(3)4)13-9-11-14(12-10-13)16(19(5)6)20(7)8/h9-12H2,1-8H3. The van der Waals surface area contributed by atoms with Crippen LogP contribution in [-0.2, 0) is 0 Å². The first-order chi connectivity index (χ1) is 9.25. The maximum Gasteiger partial charge on any atom is 0.102 e. The predicted octanol–water partition coefficient (Wildman–Crippen LogP) is 2.23. The van der Waals surface area contributed by atoms with Gasteiger partial charge in [0.05, 0.1) is 0 Å². The molecule has 1 fully saturated rings. The topological polar surface area (TPSA) is 13.0 Å². The minimum atomic E-state index is 1.17. The third kappa shape index (κ3) is 3.84. The first-order valence-corrected chi connectivity index (χ1v) is 7.39. The highest BCUT2D eigenvalue weighted by molar-refractivity contribution is 5.23. The van der Waals surface area contributed by atoms with E-state index >= 15 is 0 Å². The molecule has 0 atom stereocenters. The molecular formula is C16H32N4. The van der Waals surface area contributed by atoms with Gasteiger partial charge in [0, 0.05) is 56.4 Å². The second kappa shape index (κ2) is 6.91. The highest BCUT2D eigenvalue weighted by Crippen LogP contribution is 2.33. The van der Waals surface area contributed by atoms with E-state index in [0.717, 1.165) is 0 Å². The Morgan fingerprint density at radius 3 is 0.850 bits per heavy atom. The van der Waals surface area contributed by atoms with Gasteiger partial charge in [0.25, 0.3) is 0 Å². The van der Waals surface area contributed by atoms with Crippen LogP contribution in [0.4, 0.5) is 0 Å². The van der Waals surface area contributed by atoms with Gasteiger partial charge in [-0.1, -0.05) is 0 Å². The van der Waals surface area contributed by atoms with E-state index in [2.05, 4.69) is 76.0 Å². The monoisotopic (exact) mass is 280 g/mol. The normalized spacial score (nSPS) is 15.0. The van der Waals surface area contributed by atoms with Crippen LogP contribution < -0.4 is 0 Å². The quantitative estimate of drug-likeness (QED) is 0.783. The van der Waals surface area contributed by atoms with Gasteiger partial charge < -0.3 is 19.6 Å². The molecule has 0 aliphatic heterocycles. The summed E-state index contributed by atoms with van der Waals surface area (Å²) in [5.74, 6) is 2.75. The van der Waals surface area contributed by atoms with Crippen molar-refractivity contribution in [3.05, 3.63) is 22.8 Å². The maximum atomic E-state index is 2.24. The highest BCUT2D eigenvalue weighted by Gasteiger charge is 2.20. The van der Waals surface area contributed by atoms with Gasteiger partial charge >= 0.3 is 0 Å². The molecule has 116 valence electrons. The Kier molecular flexibility index (Phi) is 5.78. The van der Waals surface area contributed by atoms with Crippen LogP contribution in [0.3, 0.4) is 0 Å². The Morgan fingerprint density at radius 1 is 0.500 bits per heavy atom. The van der Waals surface area contributed by atoms with Gasteiger partial charge in [0.1, 0.15) is 11.6 Å². The molecule has 0 radical (unpaired) electrons. The van der Waals surface area contributed by atoms with Gasteiger partial charge in [-0.05, 0) is 36.8 Å². The Hall–Kier alpha value is -1.32. The molecule has 0 spiro atoms. The van der Waals surface area contributed by atoms with Crippen LogP contribution in [0.5, 0.6) is 0 Å². The number of rotatable bonds is 4. The highest BCUT2D eigenvalue weighted by atomic mass is 15.3. The van der Waals surface area contributed by atoms with Gasteiger partial charge in [0.2, 0.25) is 0 Å². The predicted molar refractivity (Wildman–Crippen MR) is 87.3 cm³/mol. The van der Waals surface area contributed by atoms with E-state index in [1.54, 1.807) is 11.1 Å². The molecule has 0 heterocycles. The molecule has 0 aromatic rings. The van der Waals surface area contributed by atoms with Gasteiger partial charge in [-0.15, -0.1) is 0 Å². The maximum absolute atomic E-state index is 2.24. The van der Waals surface area contributed by atoms with Crippen molar-refractivity contribution >= 4 is 0 Å². The zero-order valence-corrected chi connectivity index (χ0v) is 14.6. The van der Waals surface area contributed by atoms with Gasteiger partial charge in [0.15, 0.2) is 0 Å². The fourth-order valence-corrected chi connectivity index (χ4v) is 3.37. The van der Waals surface area contributed by atoms with Gasteiger partial charge in [-0.2, -0.15) is 0 Å². The molecule has 4 heteroatoms. The summed E-state index contributed by atoms with van der Waals surface area (Å²) in [5, 5.41) is 0. The molecule has 0 aromatic carbocycles. The van der Waals surface area contributed by atoms with Crippen LogP contribution >= 0.6 is 0 Å². The molecule has 1 saturated carbocycles. The lowest BCUT2D eigenvalue weighted by Crippen LogP contribution is -2.29. The molecule has 1 aliphatic rings. The van der Waals surface area contributed by atoms with Crippen LogP contribution in [0, 0.1) is 0 Å². The minimum Gasteiger partial charge on any atom is -0.364 e. The fourth-order valence-electron chi connectivity index (χ4n) is 3.37. The molecule has 0 unspecified atom stereocenters.